The third-order valence-electron chi connectivity index (χ3n) is 7.94. The van der Waals surface area contributed by atoms with E-state index in [1.54, 1.807) is 0 Å². The van der Waals surface area contributed by atoms with Gasteiger partial charge >= 0.3 is 0 Å². The Morgan fingerprint density at radius 2 is 1.45 bits per heavy atom. The molecule has 0 bridgehead atoms. The average Bonchev–Trinajstić information content (AvgIpc) is 3.42. The van der Waals surface area contributed by atoms with Crippen molar-refractivity contribution < 1.29 is 13.9 Å². The molecule has 0 aliphatic carbocycles. The molecular formula is C39H35FN2O2. The molecule has 1 atom stereocenters. The molecule has 5 aromatic carbocycles. The van der Waals surface area contributed by atoms with Crippen LogP contribution in [0.3, 0.4) is 0 Å². The molecule has 0 fully saturated rings. The van der Waals surface area contributed by atoms with Gasteiger partial charge in [0.15, 0.2) is 0 Å². The number of carbonyl (C=O) groups is 1. The highest BCUT2D eigenvalue weighted by Gasteiger charge is 2.23. The molecule has 6 aromatic rings. The second-order valence-corrected chi connectivity index (χ2v) is 11.0. The highest BCUT2D eigenvalue weighted by molar-refractivity contribution is 5.87. The first kappa shape index (κ1) is 28.9. The number of benzene rings is 5. The van der Waals surface area contributed by atoms with Crippen molar-refractivity contribution in [1.82, 2.24) is 9.88 Å². The molecule has 0 aliphatic rings. The van der Waals surface area contributed by atoms with Crippen molar-refractivity contribution >= 4 is 16.8 Å². The fourth-order valence-corrected chi connectivity index (χ4v) is 5.69. The van der Waals surface area contributed by atoms with Crippen molar-refractivity contribution in [3.63, 3.8) is 0 Å². The van der Waals surface area contributed by atoms with Crippen LogP contribution >= 0.6 is 0 Å². The summed E-state index contributed by atoms with van der Waals surface area (Å²) in [5, 5.41) is 4.24. The molecule has 220 valence electrons. The molecule has 5 heteroatoms. The molecule has 4 nitrogen and oxygen atoms in total. The molecule has 1 N–H and O–H groups in total. The lowest BCUT2D eigenvalue weighted by atomic mass is 9.88. The van der Waals surface area contributed by atoms with Crippen molar-refractivity contribution in [2.24, 2.45) is 0 Å². The topological polar surface area (TPSA) is 43.3 Å². The minimum absolute atomic E-state index is 0.00287. The quantitative estimate of drug-likeness (QED) is 0.158. The van der Waals surface area contributed by atoms with Gasteiger partial charge in [-0.05, 0) is 64.6 Å². The summed E-state index contributed by atoms with van der Waals surface area (Å²) in [5.41, 5.74) is 6.44. The van der Waals surface area contributed by atoms with Crippen LogP contribution in [0.15, 0.2) is 140 Å². The van der Waals surface area contributed by atoms with E-state index in [1.807, 2.05) is 84.9 Å². The first-order valence-electron chi connectivity index (χ1n) is 15.0. The summed E-state index contributed by atoms with van der Waals surface area (Å²) in [4.78, 5) is 13.5. The molecule has 0 unspecified atom stereocenters. The second-order valence-electron chi connectivity index (χ2n) is 11.0. The van der Waals surface area contributed by atoms with Gasteiger partial charge in [0.1, 0.15) is 18.2 Å². The Bertz CT molecular complexity index is 1810. The number of carbonyl (C=O) groups excluding carboxylic acids is 1. The summed E-state index contributed by atoms with van der Waals surface area (Å²) >= 11 is 0. The molecule has 0 saturated carbocycles. The fraction of sp³-hybridized carbons (Fsp3) is 0.154. The summed E-state index contributed by atoms with van der Waals surface area (Å²) in [7, 11) is 0. The van der Waals surface area contributed by atoms with Crippen molar-refractivity contribution in [2.75, 3.05) is 6.54 Å². The largest absolute Gasteiger partial charge is 0.489 e. The number of amides is 1. The van der Waals surface area contributed by atoms with E-state index in [1.165, 1.54) is 17.7 Å². The van der Waals surface area contributed by atoms with Gasteiger partial charge in [0.25, 0.3) is 0 Å². The molecule has 6 rings (SSSR count). The maximum absolute atomic E-state index is 13.6. The molecule has 1 aromatic heterocycles. The Labute approximate surface area is 257 Å². The lowest BCUT2D eigenvalue weighted by molar-refractivity contribution is -0.121. The zero-order chi connectivity index (χ0) is 30.1. The maximum atomic E-state index is 13.6. The molecule has 0 aliphatic heterocycles. The summed E-state index contributed by atoms with van der Waals surface area (Å²) in [6.45, 7) is 1.63. The molecule has 0 spiro atoms. The third kappa shape index (κ3) is 7.24. The monoisotopic (exact) mass is 582 g/mol. The van der Waals surface area contributed by atoms with E-state index in [2.05, 4.69) is 52.5 Å². The summed E-state index contributed by atoms with van der Waals surface area (Å²) in [5.74, 6) is 0.304. The van der Waals surface area contributed by atoms with E-state index >= 15 is 0 Å². The van der Waals surface area contributed by atoms with Crippen LogP contribution in [0, 0.1) is 5.82 Å². The van der Waals surface area contributed by atoms with Gasteiger partial charge in [-0.1, -0.05) is 103 Å². The predicted octanol–water partition coefficient (Wildman–Crippen LogP) is 8.29. The Balaban J connectivity index is 1.30. The number of hydrogen-bond donors (Lipinski definition) is 1. The Morgan fingerprint density at radius 1 is 0.750 bits per heavy atom. The van der Waals surface area contributed by atoms with Crippen LogP contribution in [-0.4, -0.2) is 17.0 Å². The maximum Gasteiger partial charge on any atom is 0.220 e. The van der Waals surface area contributed by atoms with Crippen LogP contribution in [0.2, 0.25) is 0 Å². The highest BCUT2D eigenvalue weighted by atomic mass is 19.1. The molecule has 0 saturated heterocycles. The smallest absolute Gasteiger partial charge is 0.220 e. The van der Waals surface area contributed by atoms with E-state index in [0.29, 0.717) is 26.1 Å². The number of fused-ring (bicyclic) bond motifs is 1. The molecule has 0 radical (unpaired) electrons. The number of ether oxygens (including phenoxy) is 1. The standard InChI is InChI=1S/C39H35FN2O2/c40-33-20-18-30(19-21-33)26-42-27-37(35-16-7-8-17-38(35)42)36(25-39(43)41-23-22-29-10-3-1-4-11-29)32-14-9-15-34(24-32)44-28-31-12-5-2-6-13-31/h1-21,24,27,36H,22-23,25-26,28H2,(H,41,43)/t36-/m1/s1. The lowest BCUT2D eigenvalue weighted by Crippen LogP contribution is -2.27. The first-order valence-corrected chi connectivity index (χ1v) is 15.0. The van der Waals surface area contributed by atoms with E-state index in [9.17, 15) is 9.18 Å². The van der Waals surface area contributed by atoms with Gasteiger partial charge in [-0.25, -0.2) is 4.39 Å². The zero-order valence-electron chi connectivity index (χ0n) is 24.5. The summed E-state index contributed by atoms with van der Waals surface area (Å²) in [6.07, 6.45) is 3.21. The molecule has 1 heterocycles. The summed E-state index contributed by atoms with van der Waals surface area (Å²) < 4.78 is 22.0. The van der Waals surface area contributed by atoms with Crippen molar-refractivity contribution in [2.45, 2.75) is 31.9 Å². The van der Waals surface area contributed by atoms with Gasteiger partial charge in [0.05, 0.1) is 0 Å². The fourth-order valence-electron chi connectivity index (χ4n) is 5.69. The van der Waals surface area contributed by atoms with Crippen molar-refractivity contribution in [3.05, 3.63) is 173 Å². The first-order chi connectivity index (χ1) is 21.6. The van der Waals surface area contributed by atoms with Crippen LogP contribution in [0.25, 0.3) is 10.9 Å². The number of para-hydroxylation sites is 1. The lowest BCUT2D eigenvalue weighted by Gasteiger charge is -2.18. The van der Waals surface area contributed by atoms with Gasteiger partial charge < -0.3 is 14.6 Å². The summed E-state index contributed by atoms with van der Waals surface area (Å²) in [6, 6.07) is 43.2. The molecule has 1 amide bonds. The van der Waals surface area contributed by atoms with Crippen LogP contribution in [0.1, 0.15) is 40.2 Å². The van der Waals surface area contributed by atoms with E-state index in [-0.39, 0.29) is 17.6 Å². The number of nitrogens with one attached hydrogen (secondary N) is 1. The number of hydrogen-bond acceptors (Lipinski definition) is 2. The Kier molecular flexibility index (Phi) is 9.12. The number of halogens is 1. The minimum atomic E-state index is -0.250. The predicted molar refractivity (Wildman–Crippen MR) is 174 cm³/mol. The van der Waals surface area contributed by atoms with Gasteiger partial charge in [-0.3, -0.25) is 4.79 Å². The third-order valence-corrected chi connectivity index (χ3v) is 7.94. The van der Waals surface area contributed by atoms with Gasteiger partial charge in [0, 0.05) is 42.5 Å². The second kappa shape index (κ2) is 13.9. The van der Waals surface area contributed by atoms with Crippen LogP contribution in [0.5, 0.6) is 5.75 Å². The zero-order valence-corrected chi connectivity index (χ0v) is 24.5. The Hall–Kier alpha value is -5.16. The van der Waals surface area contributed by atoms with E-state index in [4.69, 9.17) is 4.74 Å². The normalized spacial score (nSPS) is 11.8. The van der Waals surface area contributed by atoms with Crippen LogP contribution in [-0.2, 0) is 24.4 Å². The van der Waals surface area contributed by atoms with Crippen LogP contribution in [0.4, 0.5) is 4.39 Å². The van der Waals surface area contributed by atoms with Gasteiger partial charge in [-0.2, -0.15) is 0 Å². The van der Waals surface area contributed by atoms with Gasteiger partial charge in [-0.15, -0.1) is 0 Å². The van der Waals surface area contributed by atoms with E-state index < -0.39 is 0 Å². The van der Waals surface area contributed by atoms with Crippen molar-refractivity contribution in [3.8, 4) is 5.75 Å². The number of nitrogens with zero attached hydrogens (tertiary/aromatic N) is 1. The number of aromatic nitrogens is 1. The Morgan fingerprint density at radius 3 is 2.23 bits per heavy atom. The van der Waals surface area contributed by atoms with Gasteiger partial charge in [0.2, 0.25) is 5.91 Å². The van der Waals surface area contributed by atoms with Crippen LogP contribution < -0.4 is 10.1 Å². The average molecular weight is 583 g/mol. The SMILES string of the molecule is O=C(C[C@H](c1cccc(OCc2ccccc2)c1)c1cn(Cc2ccc(F)cc2)c2ccccc12)NCCc1ccccc1. The molecule has 44 heavy (non-hydrogen) atoms. The minimum Gasteiger partial charge on any atom is -0.489 e. The number of rotatable bonds is 12. The highest BCUT2D eigenvalue weighted by Crippen LogP contribution is 2.36. The van der Waals surface area contributed by atoms with Crippen molar-refractivity contribution in [1.29, 1.82) is 0 Å². The molecular weight excluding hydrogens is 547 g/mol. The van der Waals surface area contributed by atoms with E-state index in [0.717, 1.165) is 45.3 Å².